The van der Waals surface area contributed by atoms with Crippen molar-refractivity contribution >= 4 is 7.82 Å². The van der Waals surface area contributed by atoms with Gasteiger partial charge in [-0.1, -0.05) is 83.5 Å². The molecule has 8 heteroatoms. The summed E-state index contributed by atoms with van der Waals surface area (Å²) in [6.07, 6.45) is 30.3. The first-order chi connectivity index (χ1) is 26.0. The number of rotatable bonds is 27. The van der Waals surface area contributed by atoms with Gasteiger partial charge in [-0.15, -0.1) is 0 Å². The number of nitrogens with two attached hydrogens (primary N) is 1. The maximum atomic E-state index is 12.2. The van der Waals surface area contributed by atoms with Crippen LogP contribution >= 0.6 is 7.82 Å². The molecule has 9 aliphatic carbocycles. The zero-order valence-corrected chi connectivity index (χ0v) is 34.0. The standard InChI is InChI=1S/C45H76NO6P/c46-21-24-51-53(47,48)52-28-31(50-23-12-8-4-1-5-9-13-29-15-16-36-37(25-29)41-33-18-17-32(33)40(36)41)27-49-22-11-7-3-2-6-10-14-30-26-38-39(30)45-43-35-20-19-34(35)42(43)44(38)45/h29-45H,1-28,46H2,(H,47,48)/t29?,30?,31-,32?,33?,34?,35?,36?,37?,38?,39?,40?,41?,42?,43?,44?,45?/m1/s1. The monoisotopic (exact) mass is 758 g/mol. The molecule has 9 fully saturated rings. The minimum absolute atomic E-state index is 0.0108. The van der Waals surface area contributed by atoms with E-state index in [1.165, 1.54) is 130 Å². The van der Waals surface area contributed by atoms with Crippen LogP contribution in [0.2, 0.25) is 0 Å². The third kappa shape index (κ3) is 7.57. The van der Waals surface area contributed by atoms with Crippen molar-refractivity contribution < 1.29 is 28.0 Å². The highest BCUT2D eigenvalue weighted by atomic mass is 31.2. The van der Waals surface area contributed by atoms with E-state index in [4.69, 9.17) is 24.3 Å². The summed E-state index contributed by atoms with van der Waals surface area (Å²) in [6.45, 7) is 1.83. The van der Waals surface area contributed by atoms with Crippen LogP contribution in [0.15, 0.2) is 0 Å². The molecule has 0 bridgehead atoms. The molecule has 0 amide bonds. The third-order valence-corrected chi connectivity index (χ3v) is 19.1. The maximum Gasteiger partial charge on any atom is 0.472 e. The Morgan fingerprint density at radius 2 is 1.09 bits per heavy atom. The van der Waals surface area contributed by atoms with Gasteiger partial charge in [0.15, 0.2) is 0 Å². The molecule has 0 spiro atoms. The number of hydrogen-bond acceptors (Lipinski definition) is 6. The Balaban J connectivity index is 0.576. The maximum absolute atomic E-state index is 12.2. The number of phosphoric acid groups is 1. The van der Waals surface area contributed by atoms with Crippen molar-refractivity contribution in [2.45, 2.75) is 147 Å². The van der Waals surface area contributed by atoms with Gasteiger partial charge in [-0.05, 0) is 152 Å². The fourth-order valence-corrected chi connectivity index (χ4v) is 16.3. The minimum Gasteiger partial charge on any atom is -0.379 e. The van der Waals surface area contributed by atoms with Crippen LogP contribution in [0.4, 0.5) is 0 Å². The molecule has 0 aromatic heterocycles. The molecule has 9 rings (SSSR count). The summed E-state index contributed by atoms with van der Waals surface area (Å²) in [5, 5.41) is 0. The second kappa shape index (κ2) is 17.1. The molecule has 9 saturated carbocycles. The van der Waals surface area contributed by atoms with Crippen LogP contribution in [0.3, 0.4) is 0 Å². The van der Waals surface area contributed by atoms with E-state index in [-0.39, 0.29) is 25.9 Å². The molecule has 9 aliphatic rings. The Kier molecular flexibility index (Phi) is 12.4. The molecule has 0 aromatic rings. The van der Waals surface area contributed by atoms with Gasteiger partial charge in [0.2, 0.25) is 0 Å². The van der Waals surface area contributed by atoms with Crippen LogP contribution in [0.5, 0.6) is 0 Å². The molecule has 7 nitrogen and oxygen atoms in total. The lowest BCUT2D eigenvalue weighted by Crippen LogP contribution is -2.80. The highest BCUT2D eigenvalue weighted by Crippen LogP contribution is 2.84. The predicted octanol–water partition coefficient (Wildman–Crippen LogP) is 10.0. The summed E-state index contributed by atoms with van der Waals surface area (Å²) >= 11 is 0. The molecule has 53 heavy (non-hydrogen) atoms. The fourth-order valence-electron chi connectivity index (χ4n) is 15.5. The van der Waals surface area contributed by atoms with Crippen molar-refractivity contribution in [3.63, 3.8) is 0 Å². The first-order valence-corrected chi connectivity index (χ1v) is 25.0. The van der Waals surface area contributed by atoms with Crippen molar-refractivity contribution in [3.05, 3.63) is 0 Å². The Bertz CT molecular complexity index is 1240. The van der Waals surface area contributed by atoms with Crippen LogP contribution in [0.25, 0.3) is 0 Å². The first-order valence-electron chi connectivity index (χ1n) is 23.6. The third-order valence-electron chi connectivity index (χ3n) is 18.1. The zero-order chi connectivity index (χ0) is 35.9. The molecule has 0 saturated heterocycles. The highest BCUT2D eigenvalue weighted by molar-refractivity contribution is 7.47. The molecule has 302 valence electrons. The summed E-state index contributed by atoms with van der Waals surface area (Å²) in [5.74, 6) is 18.5. The van der Waals surface area contributed by atoms with E-state index in [0.29, 0.717) is 19.8 Å². The quantitative estimate of drug-likeness (QED) is 0.0489. The first kappa shape index (κ1) is 38.5. The summed E-state index contributed by atoms with van der Waals surface area (Å²) in [5.41, 5.74) is 5.43. The van der Waals surface area contributed by atoms with Crippen molar-refractivity contribution in [3.8, 4) is 0 Å². The van der Waals surface area contributed by atoms with Crippen molar-refractivity contribution in [1.82, 2.24) is 0 Å². The molecule has 0 aromatic carbocycles. The van der Waals surface area contributed by atoms with Crippen LogP contribution in [0.1, 0.15) is 141 Å². The van der Waals surface area contributed by atoms with Gasteiger partial charge >= 0.3 is 7.82 Å². The Morgan fingerprint density at radius 3 is 1.81 bits per heavy atom. The van der Waals surface area contributed by atoms with E-state index >= 15 is 0 Å². The number of phosphoric ester groups is 1. The second-order valence-corrected chi connectivity index (χ2v) is 21.7. The van der Waals surface area contributed by atoms with Gasteiger partial charge in [0.1, 0.15) is 6.10 Å². The van der Waals surface area contributed by atoms with Gasteiger partial charge in [-0.2, -0.15) is 0 Å². The van der Waals surface area contributed by atoms with E-state index in [2.05, 4.69) is 0 Å². The second-order valence-electron chi connectivity index (χ2n) is 20.3. The predicted molar refractivity (Wildman–Crippen MR) is 209 cm³/mol. The molecule has 17 unspecified atom stereocenters. The van der Waals surface area contributed by atoms with Crippen LogP contribution < -0.4 is 5.73 Å². The van der Waals surface area contributed by atoms with Crippen molar-refractivity contribution in [2.75, 3.05) is 39.6 Å². The molecule has 0 aliphatic heterocycles. The Morgan fingerprint density at radius 1 is 0.528 bits per heavy atom. The van der Waals surface area contributed by atoms with Gasteiger partial charge in [-0.25, -0.2) is 4.57 Å². The lowest BCUT2D eigenvalue weighted by molar-refractivity contribution is -0.375. The van der Waals surface area contributed by atoms with E-state index < -0.39 is 7.82 Å². The molecular formula is C45H76NO6P. The number of fused-ring (bicyclic) bond motifs is 17. The Labute approximate surface area is 322 Å². The SMILES string of the molecule is NCCOP(=O)(O)OC[C@@H](COCCCCCCCCC1CC2C1C1C3C4CCC4C3C21)OCCCCCCCCC1CCC2C(C1)C1C3CCC3C21. The fraction of sp³-hybridized carbons (Fsp3) is 1.00. The molecule has 0 radical (unpaired) electrons. The average molecular weight is 758 g/mol. The van der Waals surface area contributed by atoms with E-state index in [1.807, 2.05) is 0 Å². The number of ether oxygens (including phenoxy) is 2. The topological polar surface area (TPSA) is 100 Å². The average Bonchev–Trinajstić information content (AvgIpc) is 3.12. The molecular weight excluding hydrogens is 681 g/mol. The van der Waals surface area contributed by atoms with Gasteiger partial charge in [0.05, 0.1) is 19.8 Å². The largest absolute Gasteiger partial charge is 0.472 e. The van der Waals surface area contributed by atoms with E-state index in [0.717, 1.165) is 60.7 Å². The van der Waals surface area contributed by atoms with Crippen LogP contribution in [-0.4, -0.2) is 50.6 Å². The number of hydrogen-bond donors (Lipinski definition) is 2. The van der Waals surface area contributed by atoms with Crippen LogP contribution in [0, 0.1) is 94.7 Å². The van der Waals surface area contributed by atoms with Gasteiger partial charge in [0, 0.05) is 19.8 Å². The smallest absolute Gasteiger partial charge is 0.379 e. The van der Waals surface area contributed by atoms with E-state index in [9.17, 15) is 9.46 Å². The minimum atomic E-state index is -4.14. The van der Waals surface area contributed by atoms with Gasteiger partial charge in [0.25, 0.3) is 0 Å². The molecule has 0 heterocycles. The summed E-state index contributed by atoms with van der Waals surface area (Å²) in [7, 11) is -4.14. The summed E-state index contributed by atoms with van der Waals surface area (Å²) in [6, 6.07) is 0. The lowest BCUT2D eigenvalue weighted by atomic mass is 9.20. The van der Waals surface area contributed by atoms with Crippen LogP contribution in [-0.2, 0) is 23.1 Å². The normalized spacial score (nSPS) is 44.6. The van der Waals surface area contributed by atoms with Crippen molar-refractivity contribution in [2.24, 2.45) is 100 Å². The Hall–Kier alpha value is -0.0100. The number of unbranched alkanes of at least 4 members (excludes halogenated alkanes) is 10. The molecule has 18 atom stereocenters. The zero-order valence-electron chi connectivity index (χ0n) is 33.1. The lowest BCUT2D eigenvalue weighted by Gasteiger charge is -2.85. The van der Waals surface area contributed by atoms with Crippen molar-refractivity contribution in [1.29, 1.82) is 0 Å². The summed E-state index contributed by atoms with van der Waals surface area (Å²) in [4.78, 5) is 10.00. The van der Waals surface area contributed by atoms with Gasteiger partial charge < -0.3 is 20.1 Å². The van der Waals surface area contributed by atoms with Gasteiger partial charge in [-0.3, -0.25) is 9.05 Å². The summed E-state index contributed by atoms with van der Waals surface area (Å²) < 4.78 is 34.5. The highest BCUT2D eigenvalue weighted by Gasteiger charge is 2.79. The van der Waals surface area contributed by atoms with E-state index in [1.54, 1.807) is 44.9 Å². The molecule has 3 N–H and O–H groups in total.